The number of thioether (sulfide) groups is 1. The van der Waals surface area contributed by atoms with Gasteiger partial charge < -0.3 is 5.32 Å². The van der Waals surface area contributed by atoms with Crippen LogP contribution in [-0.4, -0.2) is 23.6 Å². The molecule has 1 atom stereocenters. The van der Waals surface area contributed by atoms with Crippen molar-refractivity contribution in [3.05, 3.63) is 0 Å². The minimum atomic E-state index is 0.632. The third-order valence-corrected chi connectivity index (χ3v) is 2.97. The molecule has 0 saturated carbocycles. The van der Waals surface area contributed by atoms with Gasteiger partial charge in [-0.3, -0.25) is 0 Å². The fourth-order valence-electron chi connectivity index (χ4n) is 0.726. The van der Waals surface area contributed by atoms with E-state index in [1.165, 1.54) is 12.2 Å². The summed E-state index contributed by atoms with van der Waals surface area (Å²) in [5.74, 6) is 1.24. The summed E-state index contributed by atoms with van der Waals surface area (Å²) < 4.78 is 0. The summed E-state index contributed by atoms with van der Waals surface area (Å²) >= 11 is 2.06. The van der Waals surface area contributed by atoms with E-state index in [-0.39, 0.29) is 0 Å². The van der Waals surface area contributed by atoms with E-state index in [0.29, 0.717) is 6.04 Å². The zero-order valence-corrected chi connectivity index (χ0v) is 9.00. The van der Waals surface area contributed by atoms with E-state index in [4.69, 9.17) is 0 Å². The molecule has 0 spiro atoms. The molecule has 0 fully saturated rings. The first-order chi connectivity index (χ1) is 5.16. The highest BCUT2D eigenvalue weighted by Crippen LogP contribution is 2.11. The Morgan fingerprint density at radius 3 is 2.36 bits per heavy atom. The number of hydrogen-bond acceptors (Lipinski definition) is 2. The van der Waals surface area contributed by atoms with Gasteiger partial charge in [0.1, 0.15) is 0 Å². The first kappa shape index (κ1) is 11.3. The first-order valence-corrected chi connectivity index (χ1v) is 5.56. The van der Waals surface area contributed by atoms with Gasteiger partial charge in [0.15, 0.2) is 0 Å². The Morgan fingerprint density at radius 1 is 1.27 bits per heavy atom. The summed E-state index contributed by atoms with van der Waals surface area (Å²) in [6.45, 7) is 10.1. The molecule has 0 aromatic heterocycles. The fraction of sp³-hybridized carbons (Fsp3) is 1.00. The second kappa shape index (κ2) is 6.99. The van der Waals surface area contributed by atoms with Gasteiger partial charge in [-0.1, -0.05) is 27.7 Å². The molecule has 0 aromatic carbocycles. The largest absolute Gasteiger partial charge is 0.314 e. The van der Waals surface area contributed by atoms with Crippen LogP contribution < -0.4 is 5.32 Å². The highest BCUT2D eigenvalue weighted by atomic mass is 32.2. The normalized spacial score (nSPS) is 13.9. The lowest BCUT2D eigenvalue weighted by atomic mass is 10.4. The van der Waals surface area contributed by atoms with Crippen molar-refractivity contribution in [3.8, 4) is 0 Å². The molecular formula is C9H21NS. The van der Waals surface area contributed by atoms with E-state index in [1.807, 2.05) is 0 Å². The topological polar surface area (TPSA) is 12.0 Å². The van der Waals surface area contributed by atoms with E-state index >= 15 is 0 Å². The summed E-state index contributed by atoms with van der Waals surface area (Å²) in [6.07, 6.45) is 1.28. The van der Waals surface area contributed by atoms with E-state index < -0.39 is 0 Å². The second-order valence-electron chi connectivity index (χ2n) is 3.20. The van der Waals surface area contributed by atoms with Crippen molar-refractivity contribution in [2.75, 3.05) is 12.3 Å². The number of nitrogens with one attached hydrogen (secondary N) is 1. The summed E-state index contributed by atoms with van der Waals surface area (Å²) in [5.41, 5.74) is 0. The van der Waals surface area contributed by atoms with Crippen LogP contribution >= 0.6 is 11.8 Å². The molecule has 1 unspecified atom stereocenters. The molecule has 0 aliphatic carbocycles. The maximum absolute atomic E-state index is 3.40. The van der Waals surface area contributed by atoms with Crippen LogP contribution in [0.1, 0.15) is 34.1 Å². The molecule has 1 N–H and O–H groups in total. The molecule has 0 radical (unpaired) electrons. The lowest BCUT2D eigenvalue weighted by Crippen LogP contribution is -2.25. The smallest absolute Gasteiger partial charge is 0.00608 e. The third-order valence-electron chi connectivity index (χ3n) is 1.63. The van der Waals surface area contributed by atoms with Crippen molar-refractivity contribution in [2.24, 2.45) is 0 Å². The zero-order valence-electron chi connectivity index (χ0n) is 8.18. The van der Waals surface area contributed by atoms with E-state index in [9.17, 15) is 0 Å². The lowest BCUT2D eigenvalue weighted by Gasteiger charge is -2.10. The predicted octanol–water partition coefficient (Wildman–Crippen LogP) is 2.52. The standard InChI is InChI=1S/C9H21NS/c1-5-9(4)11-7-6-10-8(2)3/h8-10H,5-7H2,1-4H3. The second-order valence-corrected chi connectivity index (χ2v) is 4.74. The molecular weight excluding hydrogens is 154 g/mol. The van der Waals surface area contributed by atoms with Crippen molar-refractivity contribution in [1.82, 2.24) is 5.32 Å². The maximum atomic E-state index is 3.40. The molecule has 0 bridgehead atoms. The lowest BCUT2D eigenvalue weighted by molar-refractivity contribution is 0.615. The van der Waals surface area contributed by atoms with Crippen molar-refractivity contribution in [1.29, 1.82) is 0 Å². The minimum Gasteiger partial charge on any atom is -0.314 e. The van der Waals surface area contributed by atoms with Gasteiger partial charge in [0.2, 0.25) is 0 Å². The first-order valence-electron chi connectivity index (χ1n) is 4.51. The van der Waals surface area contributed by atoms with Gasteiger partial charge in [0.25, 0.3) is 0 Å². The van der Waals surface area contributed by atoms with Crippen LogP contribution in [0.15, 0.2) is 0 Å². The molecule has 1 nitrogen and oxygen atoms in total. The van der Waals surface area contributed by atoms with E-state index in [1.54, 1.807) is 0 Å². The number of rotatable bonds is 6. The molecule has 0 heterocycles. The summed E-state index contributed by atoms with van der Waals surface area (Å²) in [4.78, 5) is 0. The Hall–Kier alpha value is 0.310. The molecule has 0 rings (SSSR count). The van der Waals surface area contributed by atoms with Gasteiger partial charge in [-0.25, -0.2) is 0 Å². The monoisotopic (exact) mass is 175 g/mol. The predicted molar refractivity (Wildman–Crippen MR) is 55.3 cm³/mol. The highest BCUT2D eigenvalue weighted by Gasteiger charge is 1.98. The summed E-state index contributed by atoms with van der Waals surface area (Å²) in [6, 6.07) is 0.632. The van der Waals surface area contributed by atoms with Gasteiger partial charge in [-0.15, -0.1) is 0 Å². The van der Waals surface area contributed by atoms with Gasteiger partial charge in [-0.05, 0) is 6.42 Å². The third kappa shape index (κ3) is 8.21. The minimum absolute atomic E-state index is 0.632. The molecule has 0 aliphatic rings. The van der Waals surface area contributed by atoms with Gasteiger partial charge in [0.05, 0.1) is 0 Å². The van der Waals surface area contributed by atoms with Crippen molar-refractivity contribution >= 4 is 11.8 Å². The van der Waals surface area contributed by atoms with Crippen LogP contribution in [0.3, 0.4) is 0 Å². The van der Waals surface area contributed by atoms with Gasteiger partial charge in [-0.2, -0.15) is 11.8 Å². The Labute approximate surface area is 75.3 Å². The van der Waals surface area contributed by atoms with Crippen molar-refractivity contribution in [3.63, 3.8) is 0 Å². The summed E-state index contributed by atoms with van der Waals surface area (Å²) in [7, 11) is 0. The zero-order chi connectivity index (χ0) is 8.69. The Balaban J connectivity index is 3.01. The van der Waals surface area contributed by atoms with Gasteiger partial charge in [0, 0.05) is 23.6 Å². The van der Waals surface area contributed by atoms with Crippen LogP contribution in [0.5, 0.6) is 0 Å². The van der Waals surface area contributed by atoms with Gasteiger partial charge >= 0.3 is 0 Å². The molecule has 0 saturated heterocycles. The Kier molecular flexibility index (Phi) is 7.18. The van der Waals surface area contributed by atoms with Crippen LogP contribution in [-0.2, 0) is 0 Å². The number of hydrogen-bond donors (Lipinski definition) is 1. The molecule has 0 aliphatic heterocycles. The van der Waals surface area contributed by atoms with Crippen LogP contribution in [0.4, 0.5) is 0 Å². The van der Waals surface area contributed by atoms with Crippen LogP contribution in [0.25, 0.3) is 0 Å². The summed E-state index contributed by atoms with van der Waals surface area (Å²) in [5, 5.41) is 4.23. The van der Waals surface area contributed by atoms with Crippen LogP contribution in [0, 0.1) is 0 Å². The highest BCUT2D eigenvalue weighted by molar-refractivity contribution is 7.99. The molecule has 0 amide bonds. The average Bonchev–Trinajstić information content (AvgIpc) is 1.97. The molecule has 68 valence electrons. The molecule has 2 heteroatoms. The van der Waals surface area contributed by atoms with E-state index in [0.717, 1.165) is 11.8 Å². The molecule has 0 aromatic rings. The Morgan fingerprint density at radius 2 is 1.91 bits per heavy atom. The quantitative estimate of drug-likeness (QED) is 0.623. The van der Waals surface area contributed by atoms with E-state index in [2.05, 4.69) is 44.8 Å². The van der Waals surface area contributed by atoms with Crippen molar-refractivity contribution in [2.45, 2.75) is 45.4 Å². The SMILES string of the molecule is CCC(C)SCCNC(C)C. The average molecular weight is 175 g/mol. The fourth-order valence-corrected chi connectivity index (χ4v) is 1.60. The van der Waals surface area contributed by atoms with Crippen molar-refractivity contribution < 1.29 is 0 Å². The molecule has 11 heavy (non-hydrogen) atoms. The Bertz CT molecular complexity index is 83.6. The van der Waals surface area contributed by atoms with Crippen LogP contribution in [0.2, 0.25) is 0 Å². The maximum Gasteiger partial charge on any atom is 0.00608 e.